The van der Waals surface area contributed by atoms with Gasteiger partial charge in [0.25, 0.3) is 5.91 Å². The number of nitrogens with zero attached hydrogens (tertiary/aromatic N) is 2. The molecule has 1 aromatic heterocycles. The number of anilines is 1. The van der Waals surface area contributed by atoms with Crippen molar-refractivity contribution in [1.29, 1.82) is 0 Å². The maximum atomic E-state index is 12.2. The summed E-state index contributed by atoms with van der Waals surface area (Å²) < 4.78 is 7.15. The number of hydrogen-bond donors (Lipinski definition) is 1. The monoisotopic (exact) mass is 389 g/mol. The molecule has 0 aliphatic carbocycles. The SMILES string of the molecule is Cc1cccc(OCC(=O)Nc2ccnn2Cc2cccc(Cl)c2Cl)c1. The van der Waals surface area contributed by atoms with Gasteiger partial charge in [-0.3, -0.25) is 4.79 Å². The van der Waals surface area contributed by atoms with E-state index < -0.39 is 0 Å². The van der Waals surface area contributed by atoms with Crippen LogP contribution in [0.3, 0.4) is 0 Å². The summed E-state index contributed by atoms with van der Waals surface area (Å²) in [6.45, 7) is 2.26. The molecule has 0 saturated heterocycles. The average Bonchev–Trinajstić information content (AvgIpc) is 3.04. The number of aromatic nitrogens is 2. The van der Waals surface area contributed by atoms with Crippen molar-refractivity contribution >= 4 is 34.9 Å². The molecular formula is C19H17Cl2N3O2. The van der Waals surface area contributed by atoms with Crippen molar-refractivity contribution in [1.82, 2.24) is 9.78 Å². The zero-order valence-electron chi connectivity index (χ0n) is 14.1. The van der Waals surface area contributed by atoms with Crippen LogP contribution < -0.4 is 10.1 Å². The van der Waals surface area contributed by atoms with Crippen LogP contribution in [0.5, 0.6) is 5.75 Å². The van der Waals surface area contributed by atoms with Crippen molar-refractivity contribution in [2.75, 3.05) is 11.9 Å². The van der Waals surface area contributed by atoms with Gasteiger partial charge in [-0.1, -0.05) is 47.5 Å². The molecule has 0 fully saturated rings. The first-order valence-electron chi connectivity index (χ1n) is 7.97. The number of rotatable bonds is 6. The van der Waals surface area contributed by atoms with Gasteiger partial charge in [-0.25, -0.2) is 4.68 Å². The van der Waals surface area contributed by atoms with Gasteiger partial charge in [0, 0.05) is 6.07 Å². The van der Waals surface area contributed by atoms with Crippen LogP contribution in [0.2, 0.25) is 10.0 Å². The van der Waals surface area contributed by atoms with Crippen molar-refractivity contribution in [3.63, 3.8) is 0 Å². The molecule has 3 rings (SSSR count). The second-order valence-corrected chi connectivity index (χ2v) is 6.53. The maximum absolute atomic E-state index is 12.2. The highest BCUT2D eigenvalue weighted by Crippen LogP contribution is 2.26. The van der Waals surface area contributed by atoms with Crippen LogP contribution >= 0.6 is 23.2 Å². The highest BCUT2D eigenvalue weighted by Gasteiger charge is 2.11. The van der Waals surface area contributed by atoms with Gasteiger partial charge in [0.05, 0.1) is 22.8 Å². The van der Waals surface area contributed by atoms with E-state index in [1.54, 1.807) is 23.0 Å². The summed E-state index contributed by atoms with van der Waals surface area (Å²) in [7, 11) is 0. The van der Waals surface area contributed by atoms with Gasteiger partial charge in [0.2, 0.25) is 0 Å². The summed E-state index contributed by atoms with van der Waals surface area (Å²) >= 11 is 12.3. The Labute approximate surface area is 161 Å². The van der Waals surface area contributed by atoms with Gasteiger partial charge in [-0.15, -0.1) is 0 Å². The summed E-state index contributed by atoms with van der Waals surface area (Å²) in [5, 5.41) is 7.97. The van der Waals surface area contributed by atoms with Crippen LogP contribution in [0.4, 0.5) is 5.82 Å². The van der Waals surface area contributed by atoms with Crippen LogP contribution in [0.25, 0.3) is 0 Å². The minimum absolute atomic E-state index is 0.0907. The average molecular weight is 390 g/mol. The zero-order chi connectivity index (χ0) is 18.5. The fraction of sp³-hybridized carbons (Fsp3) is 0.158. The summed E-state index contributed by atoms with van der Waals surface area (Å²) in [5.41, 5.74) is 1.88. The molecule has 0 atom stereocenters. The maximum Gasteiger partial charge on any atom is 0.263 e. The summed E-state index contributed by atoms with van der Waals surface area (Å²) in [6, 6.07) is 14.7. The summed E-state index contributed by atoms with van der Waals surface area (Å²) in [6.07, 6.45) is 1.61. The topological polar surface area (TPSA) is 56.1 Å². The molecule has 0 spiro atoms. The first-order chi connectivity index (χ1) is 12.5. The van der Waals surface area contributed by atoms with Crippen LogP contribution in [-0.4, -0.2) is 22.3 Å². The van der Waals surface area contributed by atoms with Crippen molar-refractivity contribution in [2.45, 2.75) is 13.5 Å². The number of ether oxygens (including phenoxy) is 1. The number of nitrogens with one attached hydrogen (secondary N) is 1. The smallest absolute Gasteiger partial charge is 0.263 e. The fourth-order valence-corrected chi connectivity index (χ4v) is 2.81. The van der Waals surface area contributed by atoms with Gasteiger partial charge in [-0.2, -0.15) is 5.10 Å². The number of amides is 1. The highest BCUT2D eigenvalue weighted by molar-refractivity contribution is 6.42. The van der Waals surface area contributed by atoms with E-state index in [0.29, 0.717) is 28.2 Å². The Morgan fingerprint density at radius 2 is 2.00 bits per heavy atom. The standard InChI is InChI=1S/C19H17Cl2N3O2/c1-13-4-2-6-15(10-13)26-12-18(25)23-17-8-9-22-24(17)11-14-5-3-7-16(20)19(14)21/h2-10H,11-12H2,1H3,(H,23,25). The van der Waals surface area contributed by atoms with E-state index in [2.05, 4.69) is 10.4 Å². The van der Waals surface area contributed by atoms with Crippen molar-refractivity contribution in [2.24, 2.45) is 0 Å². The van der Waals surface area contributed by atoms with E-state index in [1.165, 1.54) is 0 Å². The Bertz CT molecular complexity index is 925. The van der Waals surface area contributed by atoms with Gasteiger partial charge in [0.1, 0.15) is 11.6 Å². The van der Waals surface area contributed by atoms with Crippen molar-refractivity contribution in [3.05, 3.63) is 75.9 Å². The van der Waals surface area contributed by atoms with E-state index in [-0.39, 0.29) is 12.5 Å². The summed E-state index contributed by atoms with van der Waals surface area (Å²) in [4.78, 5) is 12.2. The molecule has 134 valence electrons. The molecule has 1 amide bonds. The number of hydrogen-bond acceptors (Lipinski definition) is 3. The molecule has 1 N–H and O–H groups in total. The van der Waals surface area contributed by atoms with E-state index in [1.807, 2.05) is 43.3 Å². The van der Waals surface area contributed by atoms with E-state index in [4.69, 9.17) is 27.9 Å². The van der Waals surface area contributed by atoms with Gasteiger partial charge in [-0.05, 0) is 36.2 Å². The molecule has 26 heavy (non-hydrogen) atoms. The predicted molar refractivity (Wildman–Crippen MR) is 103 cm³/mol. The normalized spacial score (nSPS) is 10.6. The predicted octanol–water partition coefficient (Wildman–Crippen LogP) is 4.56. The Morgan fingerprint density at radius 1 is 1.19 bits per heavy atom. The molecule has 0 aliphatic heterocycles. The van der Waals surface area contributed by atoms with E-state index in [0.717, 1.165) is 11.1 Å². The molecule has 2 aromatic carbocycles. The molecule has 0 unspecified atom stereocenters. The first kappa shape index (κ1) is 18.3. The lowest BCUT2D eigenvalue weighted by molar-refractivity contribution is -0.118. The Morgan fingerprint density at radius 3 is 2.81 bits per heavy atom. The quantitative estimate of drug-likeness (QED) is 0.671. The summed E-state index contributed by atoms with van der Waals surface area (Å²) in [5.74, 6) is 0.934. The molecule has 7 heteroatoms. The largest absolute Gasteiger partial charge is 0.484 e. The van der Waals surface area contributed by atoms with Crippen molar-refractivity contribution in [3.8, 4) is 5.75 Å². The Hall–Kier alpha value is -2.50. The lowest BCUT2D eigenvalue weighted by Crippen LogP contribution is -2.22. The highest BCUT2D eigenvalue weighted by atomic mass is 35.5. The van der Waals surface area contributed by atoms with Gasteiger partial charge >= 0.3 is 0 Å². The van der Waals surface area contributed by atoms with Crippen LogP contribution in [0.15, 0.2) is 54.7 Å². The minimum atomic E-state index is -0.273. The molecule has 3 aromatic rings. The minimum Gasteiger partial charge on any atom is -0.484 e. The Kier molecular flexibility index (Phi) is 5.81. The number of halogens is 2. The first-order valence-corrected chi connectivity index (χ1v) is 8.72. The van der Waals surface area contributed by atoms with Crippen LogP contribution in [0.1, 0.15) is 11.1 Å². The third-order valence-electron chi connectivity index (χ3n) is 3.70. The number of benzene rings is 2. The molecule has 0 aliphatic rings. The number of carbonyl (C=O) groups is 1. The number of aryl methyl sites for hydroxylation is 1. The number of carbonyl (C=O) groups excluding carboxylic acids is 1. The van der Waals surface area contributed by atoms with Crippen molar-refractivity contribution < 1.29 is 9.53 Å². The lowest BCUT2D eigenvalue weighted by atomic mass is 10.2. The van der Waals surface area contributed by atoms with Crippen LogP contribution in [0, 0.1) is 6.92 Å². The van der Waals surface area contributed by atoms with E-state index in [9.17, 15) is 4.79 Å². The molecular weight excluding hydrogens is 373 g/mol. The molecule has 5 nitrogen and oxygen atoms in total. The third-order valence-corrected chi connectivity index (χ3v) is 4.55. The van der Waals surface area contributed by atoms with E-state index >= 15 is 0 Å². The molecule has 0 bridgehead atoms. The fourth-order valence-electron chi connectivity index (χ4n) is 2.43. The molecule has 1 heterocycles. The lowest BCUT2D eigenvalue weighted by Gasteiger charge is -2.11. The molecule has 0 radical (unpaired) electrons. The van der Waals surface area contributed by atoms with Crippen LogP contribution in [-0.2, 0) is 11.3 Å². The second-order valence-electron chi connectivity index (χ2n) is 5.74. The molecule has 0 saturated carbocycles. The zero-order valence-corrected chi connectivity index (χ0v) is 15.6. The van der Waals surface area contributed by atoms with Gasteiger partial charge < -0.3 is 10.1 Å². The van der Waals surface area contributed by atoms with Gasteiger partial charge in [0.15, 0.2) is 6.61 Å². The second kappa shape index (κ2) is 8.25. The third kappa shape index (κ3) is 4.56. The Balaban J connectivity index is 1.63.